The molecular formula is C25H31N3O2. The first-order chi connectivity index (χ1) is 14.6. The van der Waals surface area contributed by atoms with Gasteiger partial charge in [-0.25, -0.2) is 0 Å². The molecule has 5 heteroatoms. The summed E-state index contributed by atoms with van der Waals surface area (Å²) in [5.74, 6) is 0.577. The van der Waals surface area contributed by atoms with E-state index < -0.39 is 6.04 Å². The van der Waals surface area contributed by atoms with Crippen molar-refractivity contribution in [2.45, 2.75) is 38.6 Å². The largest absolute Gasteiger partial charge is 0.354 e. The second kappa shape index (κ2) is 9.43. The molecular weight excluding hydrogens is 374 g/mol. The molecule has 158 valence electrons. The van der Waals surface area contributed by atoms with Crippen LogP contribution in [0.15, 0.2) is 54.6 Å². The zero-order valence-electron chi connectivity index (χ0n) is 17.7. The van der Waals surface area contributed by atoms with Crippen LogP contribution in [0.3, 0.4) is 0 Å². The quantitative estimate of drug-likeness (QED) is 0.749. The van der Waals surface area contributed by atoms with Crippen molar-refractivity contribution >= 4 is 17.5 Å². The van der Waals surface area contributed by atoms with Crippen molar-refractivity contribution < 1.29 is 9.59 Å². The predicted molar refractivity (Wildman–Crippen MR) is 120 cm³/mol. The number of nitrogens with one attached hydrogen (secondary N) is 1. The Kier molecular flexibility index (Phi) is 6.48. The highest BCUT2D eigenvalue weighted by Crippen LogP contribution is 2.33. The molecule has 0 spiro atoms. The fourth-order valence-corrected chi connectivity index (χ4v) is 4.69. The molecule has 2 aliphatic heterocycles. The third kappa shape index (κ3) is 4.57. The molecule has 2 atom stereocenters. The van der Waals surface area contributed by atoms with Crippen molar-refractivity contribution in [1.29, 1.82) is 0 Å². The molecule has 0 saturated carbocycles. The molecule has 0 bridgehead atoms. The maximum Gasteiger partial charge on any atom is 0.259 e. The van der Waals surface area contributed by atoms with Crippen LogP contribution < -0.4 is 10.2 Å². The summed E-state index contributed by atoms with van der Waals surface area (Å²) in [6, 6.07) is 16.5. The second-order valence-corrected chi connectivity index (χ2v) is 8.58. The average Bonchev–Trinajstić information content (AvgIpc) is 3.16. The monoisotopic (exact) mass is 405 g/mol. The number of para-hydroxylation sites is 1. The van der Waals surface area contributed by atoms with Crippen molar-refractivity contribution in [2.75, 3.05) is 31.1 Å². The highest BCUT2D eigenvalue weighted by molar-refractivity contribution is 6.11. The van der Waals surface area contributed by atoms with Crippen molar-refractivity contribution in [3.05, 3.63) is 65.7 Å². The van der Waals surface area contributed by atoms with E-state index >= 15 is 0 Å². The number of piperidine rings is 1. The number of likely N-dealkylation sites (tertiary alicyclic amines) is 1. The molecule has 2 amide bonds. The lowest BCUT2D eigenvalue weighted by atomic mass is 10.0. The van der Waals surface area contributed by atoms with Gasteiger partial charge in [-0.05, 0) is 62.0 Å². The topological polar surface area (TPSA) is 52.7 Å². The molecule has 1 saturated heterocycles. The van der Waals surface area contributed by atoms with E-state index in [4.69, 9.17) is 0 Å². The number of nitrogens with zero attached hydrogens (tertiary/aromatic N) is 2. The SMILES string of the molecule is C[C@@H]1CCCN(CCCNC(=O)[C@H]2Cc3ccccc3N2C(=O)c2ccccc2)C1. The van der Waals surface area contributed by atoms with E-state index in [9.17, 15) is 9.59 Å². The molecule has 1 N–H and O–H groups in total. The van der Waals surface area contributed by atoms with Gasteiger partial charge in [0, 0.05) is 30.8 Å². The molecule has 2 aromatic carbocycles. The molecule has 0 aliphatic carbocycles. The van der Waals surface area contributed by atoms with Gasteiger partial charge in [-0.3, -0.25) is 14.5 Å². The maximum atomic E-state index is 13.2. The maximum absolute atomic E-state index is 13.2. The van der Waals surface area contributed by atoms with E-state index in [2.05, 4.69) is 17.1 Å². The van der Waals surface area contributed by atoms with Gasteiger partial charge in [-0.2, -0.15) is 0 Å². The Labute approximate surface area is 179 Å². The van der Waals surface area contributed by atoms with Gasteiger partial charge in [0.2, 0.25) is 5.91 Å². The van der Waals surface area contributed by atoms with Gasteiger partial charge in [-0.15, -0.1) is 0 Å². The predicted octanol–water partition coefficient (Wildman–Crippen LogP) is 3.50. The van der Waals surface area contributed by atoms with Crippen LogP contribution in [-0.2, 0) is 11.2 Å². The highest BCUT2D eigenvalue weighted by atomic mass is 16.2. The summed E-state index contributed by atoms with van der Waals surface area (Å²) in [4.78, 5) is 30.4. The summed E-state index contributed by atoms with van der Waals surface area (Å²) in [6.45, 7) is 6.29. The van der Waals surface area contributed by atoms with E-state index in [1.54, 1.807) is 17.0 Å². The standard InChI is InChI=1S/C25H31N3O2/c1-19-9-7-15-27(18-19)16-8-14-26-24(29)23-17-21-12-5-6-13-22(21)28(23)25(30)20-10-3-2-4-11-20/h2-6,10-13,19,23H,7-9,14-18H2,1H3,(H,26,29)/t19-,23-/m1/s1. The Morgan fingerprint density at radius 3 is 2.63 bits per heavy atom. The Balaban J connectivity index is 1.39. The van der Waals surface area contributed by atoms with Crippen LogP contribution in [-0.4, -0.2) is 48.9 Å². The van der Waals surface area contributed by atoms with Crippen LogP contribution in [0.2, 0.25) is 0 Å². The van der Waals surface area contributed by atoms with Crippen molar-refractivity contribution in [3.8, 4) is 0 Å². The number of amides is 2. The van der Waals surface area contributed by atoms with Gasteiger partial charge in [-0.1, -0.05) is 43.3 Å². The van der Waals surface area contributed by atoms with Crippen LogP contribution in [0.4, 0.5) is 5.69 Å². The van der Waals surface area contributed by atoms with Gasteiger partial charge in [0.25, 0.3) is 5.91 Å². The van der Waals surface area contributed by atoms with Gasteiger partial charge < -0.3 is 10.2 Å². The Hall–Kier alpha value is -2.66. The summed E-state index contributed by atoms with van der Waals surface area (Å²) in [5, 5.41) is 3.09. The van der Waals surface area contributed by atoms with E-state index in [0.717, 1.165) is 43.2 Å². The first kappa shape index (κ1) is 20.6. The van der Waals surface area contributed by atoms with E-state index in [1.807, 2.05) is 42.5 Å². The van der Waals surface area contributed by atoms with Gasteiger partial charge in [0.1, 0.15) is 6.04 Å². The number of fused-ring (bicyclic) bond motifs is 1. The van der Waals surface area contributed by atoms with Crippen molar-refractivity contribution in [1.82, 2.24) is 10.2 Å². The first-order valence-corrected chi connectivity index (χ1v) is 11.1. The van der Waals surface area contributed by atoms with Crippen LogP contribution in [0.5, 0.6) is 0 Å². The zero-order chi connectivity index (χ0) is 20.9. The lowest BCUT2D eigenvalue weighted by Crippen LogP contribution is -2.48. The number of benzene rings is 2. The molecule has 1 fully saturated rings. The second-order valence-electron chi connectivity index (χ2n) is 8.58. The summed E-state index contributed by atoms with van der Waals surface area (Å²) in [7, 11) is 0. The molecule has 4 rings (SSSR count). The number of rotatable bonds is 6. The molecule has 2 heterocycles. The van der Waals surface area contributed by atoms with Crippen molar-refractivity contribution in [2.24, 2.45) is 5.92 Å². The number of anilines is 1. The minimum absolute atomic E-state index is 0.0671. The lowest BCUT2D eigenvalue weighted by Gasteiger charge is -2.30. The van der Waals surface area contributed by atoms with Gasteiger partial charge in [0.05, 0.1) is 0 Å². The third-order valence-corrected chi connectivity index (χ3v) is 6.21. The lowest BCUT2D eigenvalue weighted by molar-refractivity contribution is -0.122. The number of carbonyl (C=O) groups excluding carboxylic acids is 2. The molecule has 0 unspecified atom stereocenters. The highest BCUT2D eigenvalue weighted by Gasteiger charge is 2.38. The number of carbonyl (C=O) groups is 2. The number of hydrogen-bond donors (Lipinski definition) is 1. The molecule has 2 aliphatic rings. The molecule has 5 nitrogen and oxygen atoms in total. The molecule has 0 radical (unpaired) electrons. The summed E-state index contributed by atoms with van der Waals surface area (Å²) in [5.41, 5.74) is 2.49. The van der Waals surface area contributed by atoms with Gasteiger partial charge >= 0.3 is 0 Å². The summed E-state index contributed by atoms with van der Waals surface area (Å²) in [6.07, 6.45) is 4.08. The summed E-state index contributed by atoms with van der Waals surface area (Å²) >= 11 is 0. The van der Waals surface area contributed by atoms with Crippen LogP contribution >= 0.6 is 0 Å². The molecule has 30 heavy (non-hydrogen) atoms. The normalized spacial score (nSPS) is 21.3. The number of hydrogen-bond acceptors (Lipinski definition) is 3. The Morgan fingerprint density at radius 2 is 1.83 bits per heavy atom. The van der Waals surface area contributed by atoms with Crippen molar-refractivity contribution in [3.63, 3.8) is 0 Å². The average molecular weight is 406 g/mol. The smallest absolute Gasteiger partial charge is 0.259 e. The van der Waals surface area contributed by atoms with Gasteiger partial charge in [0.15, 0.2) is 0 Å². The minimum Gasteiger partial charge on any atom is -0.354 e. The van der Waals surface area contributed by atoms with Crippen LogP contribution in [0, 0.1) is 5.92 Å². The Bertz CT molecular complexity index is 883. The first-order valence-electron chi connectivity index (χ1n) is 11.1. The van der Waals surface area contributed by atoms with E-state index in [-0.39, 0.29) is 11.8 Å². The minimum atomic E-state index is -0.495. The Morgan fingerprint density at radius 1 is 1.07 bits per heavy atom. The third-order valence-electron chi connectivity index (χ3n) is 6.21. The fourth-order valence-electron chi connectivity index (χ4n) is 4.69. The zero-order valence-corrected chi connectivity index (χ0v) is 17.7. The fraction of sp³-hybridized carbons (Fsp3) is 0.440. The van der Waals surface area contributed by atoms with Crippen LogP contribution in [0.25, 0.3) is 0 Å². The van der Waals surface area contributed by atoms with E-state index in [0.29, 0.717) is 18.5 Å². The van der Waals surface area contributed by atoms with Crippen LogP contribution in [0.1, 0.15) is 42.1 Å². The van der Waals surface area contributed by atoms with E-state index in [1.165, 1.54) is 12.8 Å². The molecule has 2 aromatic rings. The molecule has 0 aromatic heterocycles. The summed E-state index contributed by atoms with van der Waals surface area (Å²) < 4.78 is 0.